The van der Waals surface area contributed by atoms with Crippen LogP contribution in [0.25, 0.3) is 0 Å². The molecule has 4 rings (SSSR count). The summed E-state index contributed by atoms with van der Waals surface area (Å²) >= 11 is 0. The number of carbonyl (C=O) groups excluding carboxylic acids is 2. The second-order valence-electron chi connectivity index (χ2n) is 10.6. The molecule has 1 aliphatic carbocycles. The smallest absolute Gasteiger partial charge is 0.258 e. The van der Waals surface area contributed by atoms with Crippen molar-refractivity contribution in [3.05, 3.63) is 89.5 Å². The number of hydrogen-bond acceptors (Lipinski definition) is 5. The van der Waals surface area contributed by atoms with Crippen molar-refractivity contribution in [3.8, 4) is 0 Å². The zero-order valence-corrected chi connectivity index (χ0v) is 22.8. The van der Waals surface area contributed by atoms with Gasteiger partial charge in [-0.3, -0.25) is 9.59 Å². The molecule has 0 saturated heterocycles. The fourth-order valence-corrected chi connectivity index (χ4v) is 5.92. The number of sulfone groups is 1. The molecular weight excluding hydrogens is 500 g/mol. The maximum Gasteiger partial charge on any atom is 0.258 e. The van der Waals surface area contributed by atoms with E-state index in [4.69, 9.17) is 0 Å². The van der Waals surface area contributed by atoms with Crippen molar-refractivity contribution >= 4 is 33.0 Å². The molecule has 8 heteroatoms. The van der Waals surface area contributed by atoms with E-state index in [1.807, 2.05) is 31.2 Å². The van der Waals surface area contributed by atoms with Gasteiger partial charge in [-0.05, 0) is 93.6 Å². The molecular formula is C30H34N2O5S. The van der Waals surface area contributed by atoms with Crippen LogP contribution in [-0.2, 0) is 21.1 Å². The largest absolute Gasteiger partial charge is 0.394 e. The van der Waals surface area contributed by atoms with Crippen LogP contribution < -0.4 is 10.2 Å². The summed E-state index contributed by atoms with van der Waals surface area (Å²) in [6.07, 6.45) is 2.03. The highest BCUT2D eigenvalue weighted by Crippen LogP contribution is 2.32. The van der Waals surface area contributed by atoms with Gasteiger partial charge in [0.15, 0.2) is 9.84 Å². The molecule has 38 heavy (non-hydrogen) atoms. The van der Waals surface area contributed by atoms with Crippen molar-refractivity contribution in [2.45, 2.75) is 50.5 Å². The Balaban J connectivity index is 1.41. The molecule has 200 valence electrons. The van der Waals surface area contributed by atoms with Crippen LogP contribution in [0, 0.1) is 12.8 Å². The van der Waals surface area contributed by atoms with Crippen molar-refractivity contribution in [2.75, 3.05) is 22.6 Å². The summed E-state index contributed by atoms with van der Waals surface area (Å²) in [5, 5.41) is 12.8. The molecule has 1 saturated carbocycles. The van der Waals surface area contributed by atoms with E-state index in [9.17, 15) is 23.1 Å². The number of anilines is 2. The van der Waals surface area contributed by atoms with E-state index in [-0.39, 0.29) is 41.4 Å². The Labute approximate surface area is 224 Å². The van der Waals surface area contributed by atoms with Crippen molar-refractivity contribution < 1.29 is 23.1 Å². The Morgan fingerprint density at radius 2 is 1.55 bits per heavy atom. The Kier molecular flexibility index (Phi) is 8.04. The van der Waals surface area contributed by atoms with Gasteiger partial charge < -0.3 is 15.3 Å². The monoisotopic (exact) mass is 534 g/mol. The van der Waals surface area contributed by atoms with Crippen LogP contribution in [0.4, 0.5) is 11.4 Å². The number of aliphatic hydroxyl groups is 1. The minimum atomic E-state index is -3.28. The van der Waals surface area contributed by atoms with E-state index in [0.29, 0.717) is 22.5 Å². The van der Waals surface area contributed by atoms with Gasteiger partial charge in [-0.1, -0.05) is 29.8 Å². The highest BCUT2D eigenvalue weighted by atomic mass is 32.2. The van der Waals surface area contributed by atoms with Gasteiger partial charge in [0.1, 0.15) is 0 Å². The molecule has 2 N–H and O–H groups in total. The summed E-state index contributed by atoms with van der Waals surface area (Å²) in [7, 11) is -3.28. The summed E-state index contributed by atoms with van der Waals surface area (Å²) in [6.45, 7) is 5.35. The standard InChI is InChI=1S/C30H34N2O5S/c1-21-4-14-26(15-5-21)32(30(2,3)20-33)29(35)24-10-12-25(13-11-24)31-28(34)18-22-8-16-27(17-9-22)38(36,37)19-23-6-7-23/h4-5,8-17,23,33H,6-7,18-20H2,1-3H3,(H,31,34). The molecule has 3 aromatic carbocycles. The predicted octanol–water partition coefficient (Wildman–Crippen LogP) is 4.78. The second kappa shape index (κ2) is 11.1. The number of hydrogen-bond donors (Lipinski definition) is 2. The molecule has 0 radical (unpaired) electrons. The Hall–Kier alpha value is -3.49. The van der Waals surface area contributed by atoms with Crippen molar-refractivity contribution in [3.63, 3.8) is 0 Å². The maximum absolute atomic E-state index is 13.5. The van der Waals surface area contributed by atoms with Crippen molar-refractivity contribution in [1.82, 2.24) is 0 Å². The van der Waals surface area contributed by atoms with Gasteiger partial charge in [0.25, 0.3) is 5.91 Å². The lowest BCUT2D eigenvalue weighted by Crippen LogP contribution is -2.50. The van der Waals surface area contributed by atoms with Crippen molar-refractivity contribution in [1.29, 1.82) is 0 Å². The Bertz CT molecular complexity index is 1390. The maximum atomic E-state index is 13.5. The lowest BCUT2D eigenvalue weighted by Gasteiger charge is -2.37. The molecule has 0 unspecified atom stereocenters. The van der Waals surface area contributed by atoms with Crippen LogP contribution in [0.5, 0.6) is 0 Å². The number of nitrogens with zero attached hydrogens (tertiary/aromatic N) is 1. The average Bonchev–Trinajstić information content (AvgIpc) is 3.69. The van der Waals surface area contributed by atoms with Gasteiger partial charge in [-0.25, -0.2) is 8.42 Å². The Morgan fingerprint density at radius 1 is 0.947 bits per heavy atom. The fourth-order valence-electron chi connectivity index (χ4n) is 4.23. The number of rotatable bonds is 10. The molecule has 0 atom stereocenters. The molecule has 7 nitrogen and oxygen atoms in total. The summed E-state index contributed by atoms with van der Waals surface area (Å²) in [5.41, 5.74) is 2.60. The molecule has 0 spiro atoms. The molecule has 1 aliphatic rings. The van der Waals surface area contributed by atoms with Gasteiger partial charge in [-0.2, -0.15) is 0 Å². The number of amides is 2. The molecule has 0 aliphatic heterocycles. The Morgan fingerprint density at radius 3 is 2.11 bits per heavy atom. The average molecular weight is 535 g/mol. The number of carbonyl (C=O) groups is 2. The predicted molar refractivity (Wildman–Crippen MR) is 149 cm³/mol. The first-order chi connectivity index (χ1) is 18.0. The quantitative estimate of drug-likeness (QED) is 0.390. The summed E-state index contributed by atoms with van der Waals surface area (Å²) in [6, 6.07) is 20.6. The van der Waals surface area contributed by atoms with E-state index >= 15 is 0 Å². The van der Waals surface area contributed by atoms with Gasteiger partial charge in [-0.15, -0.1) is 0 Å². The summed E-state index contributed by atoms with van der Waals surface area (Å²) < 4.78 is 24.8. The molecule has 0 bridgehead atoms. The summed E-state index contributed by atoms with van der Waals surface area (Å²) in [4.78, 5) is 27.9. The number of benzene rings is 3. The zero-order chi connectivity index (χ0) is 27.5. The first kappa shape index (κ1) is 27.5. The number of aryl methyl sites for hydroxylation is 1. The lowest BCUT2D eigenvalue weighted by molar-refractivity contribution is -0.115. The molecule has 0 heterocycles. The number of nitrogens with one attached hydrogen (secondary N) is 1. The van der Waals surface area contributed by atoms with Crippen molar-refractivity contribution in [2.24, 2.45) is 5.92 Å². The van der Waals surface area contributed by atoms with Crippen LogP contribution >= 0.6 is 0 Å². The first-order valence-corrected chi connectivity index (χ1v) is 14.4. The molecule has 3 aromatic rings. The van der Waals surface area contributed by atoms with Gasteiger partial charge in [0.2, 0.25) is 5.91 Å². The third-order valence-electron chi connectivity index (χ3n) is 6.70. The third-order valence-corrected chi connectivity index (χ3v) is 8.60. The minimum absolute atomic E-state index is 0.0928. The van der Waals surface area contributed by atoms with Gasteiger partial charge >= 0.3 is 0 Å². The van der Waals surface area contributed by atoms with Gasteiger partial charge in [0.05, 0.1) is 29.2 Å². The van der Waals surface area contributed by atoms with Crippen LogP contribution in [0.1, 0.15) is 48.2 Å². The third kappa shape index (κ3) is 6.68. The van der Waals surface area contributed by atoms with Gasteiger partial charge in [0, 0.05) is 16.9 Å². The van der Waals surface area contributed by atoms with E-state index in [1.54, 1.807) is 67.3 Å². The van der Waals surface area contributed by atoms with Crippen LogP contribution in [0.2, 0.25) is 0 Å². The van der Waals surface area contributed by atoms with E-state index in [0.717, 1.165) is 18.4 Å². The van der Waals surface area contributed by atoms with E-state index in [2.05, 4.69) is 5.32 Å². The van der Waals surface area contributed by atoms with E-state index < -0.39 is 15.4 Å². The normalized spacial score (nSPS) is 13.7. The lowest BCUT2D eigenvalue weighted by atomic mass is 10.0. The van der Waals surface area contributed by atoms with E-state index in [1.165, 1.54) is 0 Å². The van der Waals surface area contributed by atoms with Crippen LogP contribution in [-0.4, -0.2) is 43.2 Å². The topological polar surface area (TPSA) is 104 Å². The fraction of sp³-hybridized carbons (Fsp3) is 0.333. The molecule has 0 aromatic heterocycles. The van der Waals surface area contributed by atoms with Crippen LogP contribution in [0.15, 0.2) is 77.7 Å². The molecule has 2 amide bonds. The SMILES string of the molecule is Cc1ccc(N(C(=O)c2ccc(NC(=O)Cc3ccc(S(=O)(=O)CC4CC4)cc3)cc2)C(C)(C)CO)cc1. The highest BCUT2D eigenvalue weighted by Gasteiger charge is 2.32. The summed E-state index contributed by atoms with van der Waals surface area (Å²) in [5.74, 6) is -0.0483. The number of aliphatic hydroxyl groups excluding tert-OH is 1. The minimum Gasteiger partial charge on any atom is -0.394 e. The second-order valence-corrected chi connectivity index (χ2v) is 12.7. The highest BCUT2D eigenvalue weighted by molar-refractivity contribution is 7.91. The molecule has 1 fully saturated rings. The first-order valence-electron chi connectivity index (χ1n) is 12.7. The zero-order valence-electron chi connectivity index (χ0n) is 22.0. The van der Waals surface area contributed by atoms with Crippen LogP contribution in [0.3, 0.4) is 0 Å².